The molecule has 0 saturated carbocycles. The van der Waals surface area contributed by atoms with E-state index in [4.69, 9.17) is 18.3 Å². The molecule has 2 aromatic rings. The molecule has 2 aliphatic heterocycles. The molecule has 0 aliphatic carbocycles. The Bertz CT molecular complexity index is 1100. The largest absolute Gasteiger partial charge is 0.530 e. The molecule has 0 bridgehead atoms. The number of H-pyrrole nitrogens is 1. The van der Waals surface area contributed by atoms with Gasteiger partial charge in [-0.1, -0.05) is 18.2 Å². The van der Waals surface area contributed by atoms with Crippen molar-refractivity contribution in [3.8, 4) is 5.75 Å². The van der Waals surface area contributed by atoms with Crippen molar-refractivity contribution in [3.63, 3.8) is 0 Å². The quantitative estimate of drug-likeness (QED) is 0.699. The SMILES string of the molecule is Cc1cccc2c1OP(=O)(OC[C@H]1O[C@@H](n3cc(F)c(=O)[nH]c3=O)C[C@@H]1O)OC2. The lowest BCUT2D eigenvalue weighted by molar-refractivity contribution is -0.0471. The van der Waals surface area contributed by atoms with E-state index >= 15 is 0 Å². The van der Waals surface area contributed by atoms with Gasteiger partial charge in [-0.05, 0) is 12.5 Å². The fourth-order valence-corrected chi connectivity index (χ4v) is 4.47. The lowest BCUT2D eigenvalue weighted by atomic mass is 10.1. The van der Waals surface area contributed by atoms with Gasteiger partial charge in [-0.15, -0.1) is 0 Å². The predicted molar refractivity (Wildman–Crippen MR) is 96.0 cm³/mol. The molecule has 3 heterocycles. The van der Waals surface area contributed by atoms with Gasteiger partial charge in [0.15, 0.2) is 0 Å². The van der Waals surface area contributed by atoms with Gasteiger partial charge in [0.2, 0.25) is 5.82 Å². The van der Waals surface area contributed by atoms with Crippen LogP contribution in [0.1, 0.15) is 23.8 Å². The maximum absolute atomic E-state index is 13.5. The molecule has 156 valence electrons. The highest BCUT2D eigenvalue weighted by atomic mass is 31.2. The van der Waals surface area contributed by atoms with Gasteiger partial charge in [0, 0.05) is 12.0 Å². The number of para-hydroxylation sites is 1. The molecule has 1 aromatic carbocycles. The molecule has 2 aliphatic rings. The number of aromatic nitrogens is 2. The van der Waals surface area contributed by atoms with Crippen LogP contribution in [0.3, 0.4) is 0 Å². The molecule has 1 unspecified atom stereocenters. The Hall–Kier alpha value is -2.30. The Labute approximate surface area is 163 Å². The number of fused-ring (bicyclic) bond motifs is 1. The number of aryl methyl sites for hydroxylation is 1. The normalized spacial score (nSPS) is 28.7. The number of aromatic amines is 1. The number of nitrogens with zero attached hydrogens (tertiary/aromatic N) is 1. The number of hydrogen-bond donors (Lipinski definition) is 2. The molecule has 29 heavy (non-hydrogen) atoms. The summed E-state index contributed by atoms with van der Waals surface area (Å²) in [5, 5.41) is 10.2. The molecular formula is C17H18FN2O8P. The average molecular weight is 428 g/mol. The molecule has 0 radical (unpaired) electrons. The molecule has 1 fully saturated rings. The van der Waals surface area contributed by atoms with Gasteiger partial charge in [-0.25, -0.2) is 9.36 Å². The van der Waals surface area contributed by atoms with Gasteiger partial charge >= 0.3 is 13.5 Å². The number of phosphoric acid groups is 1. The van der Waals surface area contributed by atoms with Crippen molar-refractivity contribution < 1.29 is 32.4 Å². The van der Waals surface area contributed by atoms with Crippen LogP contribution >= 0.6 is 7.82 Å². The lowest BCUT2D eigenvalue weighted by Gasteiger charge is -2.27. The van der Waals surface area contributed by atoms with E-state index in [1.807, 2.05) is 11.1 Å². The number of rotatable bonds is 4. The first-order chi connectivity index (χ1) is 13.8. The predicted octanol–water partition coefficient (Wildman–Crippen LogP) is 1.37. The fourth-order valence-electron chi connectivity index (χ4n) is 3.18. The molecule has 4 rings (SSSR count). The van der Waals surface area contributed by atoms with Gasteiger partial charge in [0.1, 0.15) is 18.1 Å². The van der Waals surface area contributed by atoms with Gasteiger partial charge < -0.3 is 14.4 Å². The second-order valence-corrected chi connectivity index (χ2v) is 8.34. The average Bonchev–Trinajstić information content (AvgIpc) is 3.04. The highest BCUT2D eigenvalue weighted by molar-refractivity contribution is 7.49. The van der Waals surface area contributed by atoms with Gasteiger partial charge in [0.25, 0.3) is 5.56 Å². The van der Waals surface area contributed by atoms with E-state index in [0.29, 0.717) is 11.9 Å². The second-order valence-electron chi connectivity index (χ2n) is 6.75. The Balaban J connectivity index is 1.44. The molecule has 2 N–H and O–H groups in total. The van der Waals surface area contributed by atoms with Crippen LogP contribution in [-0.4, -0.2) is 33.5 Å². The van der Waals surface area contributed by atoms with E-state index in [2.05, 4.69) is 0 Å². The molecule has 1 aromatic heterocycles. The van der Waals surface area contributed by atoms with Crippen molar-refractivity contribution in [2.75, 3.05) is 6.61 Å². The van der Waals surface area contributed by atoms with Crippen LogP contribution in [-0.2, 0) is 25.0 Å². The van der Waals surface area contributed by atoms with Gasteiger partial charge in [-0.2, -0.15) is 4.39 Å². The minimum atomic E-state index is -3.93. The van der Waals surface area contributed by atoms with Crippen LogP contribution in [0.15, 0.2) is 34.0 Å². The third-order valence-corrected chi connectivity index (χ3v) is 6.03. The highest BCUT2D eigenvalue weighted by Gasteiger charge is 2.40. The zero-order valence-electron chi connectivity index (χ0n) is 15.2. The van der Waals surface area contributed by atoms with Crippen molar-refractivity contribution in [3.05, 3.63) is 62.2 Å². The van der Waals surface area contributed by atoms with E-state index in [-0.39, 0.29) is 19.6 Å². The number of benzene rings is 1. The van der Waals surface area contributed by atoms with Crippen molar-refractivity contribution in [1.82, 2.24) is 9.55 Å². The third-order valence-electron chi connectivity index (χ3n) is 4.71. The summed E-state index contributed by atoms with van der Waals surface area (Å²) in [6.45, 7) is 1.48. The summed E-state index contributed by atoms with van der Waals surface area (Å²) in [6, 6.07) is 5.40. The molecule has 0 amide bonds. The summed E-state index contributed by atoms with van der Waals surface area (Å²) in [5.41, 5.74) is -0.526. The van der Waals surface area contributed by atoms with E-state index < -0.39 is 43.3 Å². The first-order valence-corrected chi connectivity index (χ1v) is 10.2. The summed E-state index contributed by atoms with van der Waals surface area (Å²) in [7, 11) is -3.93. The zero-order valence-corrected chi connectivity index (χ0v) is 16.1. The summed E-state index contributed by atoms with van der Waals surface area (Å²) in [6.07, 6.45) is -2.45. The van der Waals surface area contributed by atoms with E-state index in [9.17, 15) is 23.7 Å². The number of aliphatic hydroxyl groups is 1. The Kier molecular flexibility index (Phi) is 5.18. The number of phosphoric ester groups is 1. The Morgan fingerprint density at radius 1 is 1.41 bits per heavy atom. The van der Waals surface area contributed by atoms with E-state index in [0.717, 1.165) is 15.7 Å². The first kappa shape index (κ1) is 20.0. The zero-order chi connectivity index (χ0) is 20.8. The molecule has 12 heteroatoms. The standard InChI is InChI=1S/C17H18FN2O8P/c1-9-3-2-4-10-7-25-29(24,28-15(9)10)26-8-13-12(21)5-14(27-13)20-6-11(18)16(22)19-17(20)23/h2-4,6,12-14,21H,5,7-8H2,1H3,(H,19,22,23)/t12-,13+,14+,29?/m0/s1. The maximum atomic E-state index is 13.5. The monoisotopic (exact) mass is 428 g/mol. The lowest BCUT2D eigenvalue weighted by Crippen LogP contribution is -2.34. The van der Waals surface area contributed by atoms with Crippen LogP contribution in [0.25, 0.3) is 0 Å². The fraction of sp³-hybridized carbons (Fsp3) is 0.412. The Morgan fingerprint density at radius 3 is 3.00 bits per heavy atom. The molecule has 0 spiro atoms. The van der Waals surface area contributed by atoms with Gasteiger partial charge in [-0.3, -0.25) is 23.4 Å². The number of hydrogen-bond acceptors (Lipinski definition) is 8. The third kappa shape index (κ3) is 3.92. The van der Waals surface area contributed by atoms with Crippen LogP contribution in [0.5, 0.6) is 5.75 Å². The van der Waals surface area contributed by atoms with Crippen LogP contribution in [0, 0.1) is 12.7 Å². The van der Waals surface area contributed by atoms with Gasteiger partial charge in [0.05, 0.1) is 25.5 Å². The van der Waals surface area contributed by atoms with Crippen LogP contribution < -0.4 is 15.8 Å². The van der Waals surface area contributed by atoms with Crippen molar-refractivity contribution in [1.29, 1.82) is 0 Å². The maximum Gasteiger partial charge on any atom is 0.530 e. The first-order valence-electron chi connectivity index (χ1n) is 8.77. The summed E-state index contributed by atoms with van der Waals surface area (Å²) in [4.78, 5) is 24.8. The minimum absolute atomic E-state index is 0.0387. The minimum Gasteiger partial charge on any atom is -0.403 e. The summed E-state index contributed by atoms with van der Waals surface area (Å²) < 4.78 is 48.6. The van der Waals surface area contributed by atoms with Crippen molar-refractivity contribution in [2.45, 2.75) is 38.4 Å². The second kappa shape index (κ2) is 7.51. The number of ether oxygens (including phenoxy) is 1. The van der Waals surface area contributed by atoms with E-state index in [1.165, 1.54) is 0 Å². The smallest absolute Gasteiger partial charge is 0.403 e. The molecular weight excluding hydrogens is 410 g/mol. The van der Waals surface area contributed by atoms with Crippen LogP contribution in [0.2, 0.25) is 0 Å². The number of aliphatic hydroxyl groups excluding tert-OH is 1. The topological polar surface area (TPSA) is 129 Å². The van der Waals surface area contributed by atoms with E-state index in [1.54, 1.807) is 19.1 Å². The summed E-state index contributed by atoms with van der Waals surface area (Å²) in [5.74, 6) is -0.743. The molecule has 4 atom stereocenters. The Morgan fingerprint density at radius 2 is 2.21 bits per heavy atom. The summed E-state index contributed by atoms with van der Waals surface area (Å²) >= 11 is 0. The number of halogens is 1. The molecule has 10 nitrogen and oxygen atoms in total. The number of nitrogens with one attached hydrogen (secondary N) is 1. The van der Waals surface area contributed by atoms with Crippen LogP contribution in [0.4, 0.5) is 4.39 Å². The van der Waals surface area contributed by atoms with Crippen molar-refractivity contribution >= 4 is 7.82 Å². The highest BCUT2D eigenvalue weighted by Crippen LogP contribution is 2.55. The molecule has 1 saturated heterocycles. The van der Waals surface area contributed by atoms with Crippen molar-refractivity contribution in [2.24, 2.45) is 0 Å².